The molecule has 6 nitrogen and oxygen atoms in total. The molecule has 18 heavy (non-hydrogen) atoms. The van der Waals surface area contributed by atoms with Crippen molar-refractivity contribution in [3.8, 4) is 0 Å². The summed E-state index contributed by atoms with van der Waals surface area (Å²) in [6.07, 6.45) is 0. The van der Waals surface area contributed by atoms with Crippen LogP contribution in [0.25, 0.3) is 0 Å². The Morgan fingerprint density at radius 1 is 1.11 bits per heavy atom. The van der Waals surface area contributed by atoms with Crippen LogP contribution in [-0.4, -0.2) is 17.5 Å². The molecule has 0 saturated carbocycles. The van der Waals surface area contributed by atoms with Gasteiger partial charge in [0.1, 0.15) is 0 Å². The number of carbonyl (C=O) groups excluding carboxylic acids is 2. The zero-order chi connectivity index (χ0) is 13.8. The Bertz CT molecular complexity index is 434. The van der Waals surface area contributed by atoms with Gasteiger partial charge in [-0.1, -0.05) is 0 Å². The van der Waals surface area contributed by atoms with Crippen molar-refractivity contribution in [2.75, 3.05) is 5.32 Å². The third-order valence-electron chi connectivity index (χ3n) is 2.02. The predicted octanol–water partition coefficient (Wildman–Crippen LogP) is 1.21. The Balaban J connectivity index is 2.64. The molecule has 0 heterocycles. The molecule has 3 amide bonds. The topological polar surface area (TPSA) is 96.2 Å². The monoisotopic (exact) mass is 250 g/mol. The Labute approximate surface area is 106 Å². The fourth-order valence-electron chi connectivity index (χ4n) is 1.29. The van der Waals surface area contributed by atoms with Gasteiger partial charge < -0.3 is 10.6 Å². The molecule has 1 aromatic rings. The van der Waals surface area contributed by atoms with Gasteiger partial charge in [0.15, 0.2) is 0 Å². The van der Waals surface area contributed by atoms with E-state index >= 15 is 0 Å². The van der Waals surface area contributed by atoms with Crippen LogP contribution in [0.3, 0.4) is 0 Å². The first kappa shape index (κ1) is 14.0. The number of amides is 3. The molecule has 0 aliphatic heterocycles. The zero-order valence-corrected chi connectivity index (χ0v) is 10.7. The summed E-state index contributed by atoms with van der Waals surface area (Å²) in [5, 5.41) is 5.44. The number of hydrogen-bond acceptors (Lipinski definition) is 3. The maximum absolute atomic E-state index is 11.6. The number of anilines is 1. The van der Waals surface area contributed by atoms with Crippen LogP contribution in [0.1, 0.15) is 31.1 Å². The third-order valence-corrected chi connectivity index (χ3v) is 2.02. The van der Waals surface area contributed by atoms with Crippen molar-refractivity contribution in [1.29, 1.82) is 0 Å². The van der Waals surface area contributed by atoms with E-state index in [2.05, 4.69) is 10.6 Å². The van der Waals surface area contributed by atoms with E-state index in [1.807, 2.05) is 26.2 Å². The Morgan fingerprint density at radius 2 is 1.67 bits per heavy atom. The van der Waals surface area contributed by atoms with Gasteiger partial charge in [0.05, 0.1) is 0 Å². The van der Waals surface area contributed by atoms with Gasteiger partial charge in [0.2, 0.25) is 0 Å². The lowest BCUT2D eigenvalue weighted by Crippen LogP contribution is -2.43. The first-order chi connectivity index (χ1) is 8.31. The highest BCUT2D eigenvalue weighted by molar-refractivity contribution is 5.95. The number of nitrogens with two attached hydrogens (primary N) is 1. The molecule has 0 saturated heterocycles. The van der Waals surface area contributed by atoms with E-state index in [-0.39, 0.29) is 17.5 Å². The molecule has 0 bridgehead atoms. The highest BCUT2D eigenvalue weighted by Gasteiger charge is 2.13. The van der Waals surface area contributed by atoms with E-state index < -0.39 is 0 Å². The third kappa shape index (κ3) is 4.42. The summed E-state index contributed by atoms with van der Waals surface area (Å²) < 4.78 is 0. The molecule has 0 spiro atoms. The van der Waals surface area contributed by atoms with Crippen LogP contribution in [0.4, 0.5) is 10.5 Å². The van der Waals surface area contributed by atoms with Gasteiger partial charge >= 0.3 is 6.03 Å². The zero-order valence-electron chi connectivity index (χ0n) is 10.7. The molecule has 5 N–H and O–H groups in total. The molecule has 1 rings (SSSR count). The normalized spacial score (nSPS) is 10.7. The smallest absolute Gasteiger partial charge is 0.319 e. The average Bonchev–Trinajstić information content (AvgIpc) is 2.26. The molecular formula is C12H18N4O2. The summed E-state index contributed by atoms with van der Waals surface area (Å²) in [7, 11) is 0. The maximum Gasteiger partial charge on any atom is 0.319 e. The Morgan fingerprint density at radius 3 is 2.11 bits per heavy atom. The van der Waals surface area contributed by atoms with Crippen molar-refractivity contribution < 1.29 is 9.59 Å². The fraction of sp³-hybridized carbons (Fsp3) is 0.333. The van der Waals surface area contributed by atoms with Gasteiger partial charge in [0.25, 0.3) is 5.91 Å². The molecule has 0 atom stereocenters. The van der Waals surface area contributed by atoms with Gasteiger partial charge in [-0.25, -0.2) is 10.6 Å². The number of hydrogen-bond donors (Lipinski definition) is 4. The van der Waals surface area contributed by atoms with Crippen molar-refractivity contribution in [3.63, 3.8) is 0 Å². The SMILES string of the molecule is CC(C)(C)NC(=O)Nc1ccc(C(=O)NN)cc1. The summed E-state index contributed by atoms with van der Waals surface area (Å²) in [5.74, 6) is 4.64. The lowest BCUT2D eigenvalue weighted by molar-refractivity contribution is 0.0953. The van der Waals surface area contributed by atoms with Crippen LogP contribution in [0.2, 0.25) is 0 Å². The number of carbonyl (C=O) groups is 2. The standard InChI is InChI=1S/C12H18N4O2/c1-12(2,3)15-11(18)14-9-6-4-8(5-7-9)10(17)16-13/h4-7H,13H2,1-3H3,(H,16,17)(H2,14,15,18). The van der Waals surface area contributed by atoms with Gasteiger partial charge in [-0.3, -0.25) is 10.2 Å². The van der Waals surface area contributed by atoms with Crippen LogP contribution >= 0.6 is 0 Å². The van der Waals surface area contributed by atoms with Crippen LogP contribution in [0.5, 0.6) is 0 Å². The minimum atomic E-state index is -0.374. The molecule has 0 aromatic heterocycles. The van der Waals surface area contributed by atoms with Crippen LogP contribution < -0.4 is 21.9 Å². The van der Waals surface area contributed by atoms with Crippen molar-refractivity contribution in [3.05, 3.63) is 29.8 Å². The summed E-state index contributed by atoms with van der Waals surface area (Å²) in [6, 6.07) is 6.13. The molecule has 98 valence electrons. The summed E-state index contributed by atoms with van der Waals surface area (Å²) in [5.41, 5.74) is 2.76. The van der Waals surface area contributed by atoms with Crippen LogP contribution in [-0.2, 0) is 0 Å². The number of nitrogens with one attached hydrogen (secondary N) is 3. The fourth-order valence-corrected chi connectivity index (χ4v) is 1.29. The number of benzene rings is 1. The van der Waals surface area contributed by atoms with E-state index in [0.29, 0.717) is 11.3 Å². The molecule has 0 unspecified atom stereocenters. The van der Waals surface area contributed by atoms with Crippen LogP contribution in [0, 0.1) is 0 Å². The summed E-state index contributed by atoms with van der Waals surface area (Å²) >= 11 is 0. The van der Waals surface area contributed by atoms with Crippen molar-refractivity contribution in [2.24, 2.45) is 5.84 Å². The molecular weight excluding hydrogens is 232 g/mol. The summed E-state index contributed by atoms with van der Waals surface area (Å²) in [6.45, 7) is 5.67. The van der Waals surface area contributed by atoms with Crippen LogP contribution in [0.15, 0.2) is 24.3 Å². The minimum absolute atomic E-state index is 0.293. The number of urea groups is 1. The van der Waals surface area contributed by atoms with Gasteiger partial charge in [-0.2, -0.15) is 0 Å². The molecule has 0 aliphatic rings. The second kappa shape index (κ2) is 5.50. The second-order valence-corrected chi connectivity index (χ2v) is 4.88. The number of rotatable bonds is 2. The van der Waals surface area contributed by atoms with E-state index in [9.17, 15) is 9.59 Å². The first-order valence-electron chi connectivity index (χ1n) is 5.52. The Hall–Kier alpha value is -2.08. The molecule has 6 heteroatoms. The average molecular weight is 250 g/mol. The van der Waals surface area contributed by atoms with Crippen molar-refractivity contribution in [2.45, 2.75) is 26.3 Å². The number of hydrazine groups is 1. The maximum atomic E-state index is 11.6. The van der Waals surface area contributed by atoms with E-state index in [0.717, 1.165) is 0 Å². The van der Waals surface area contributed by atoms with Crippen molar-refractivity contribution in [1.82, 2.24) is 10.7 Å². The number of nitrogen functional groups attached to an aromatic ring is 1. The lowest BCUT2D eigenvalue weighted by Gasteiger charge is -2.20. The van der Waals surface area contributed by atoms with E-state index in [4.69, 9.17) is 5.84 Å². The van der Waals surface area contributed by atoms with Gasteiger partial charge in [-0.15, -0.1) is 0 Å². The highest BCUT2D eigenvalue weighted by Crippen LogP contribution is 2.10. The van der Waals surface area contributed by atoms with E-state index in [1.54, 1.807) is 24.3 Å². The molecule has 0 fully saturated rings. The largest absolute Gasteiger partial charge is 0.333 e. The van der Waals surface area contributed by atoms with Gasteiger partial charge in [-0.05, 0) is 45.0 Å². The summed E-state index contributed by atoms with van der Waals surface area (Å²) in [4.78, 5) is 22.8. The molecule has 1 aromatic carbocycles. The lowest BCUT2D eigenvalue weighted by atomic mass is 10.1. The predicted molar refractivity (Wildman–Crippen MR) is 70.0 cm³/mol. The quantitative estimate of drug-likeness (QED) is 0.361. The first-order valence-corrected chi connectivity index (χ1v) is 5.52. The van der Waals surface area contributed by atoms with E-state index in [1.165, 1.54) is 0 Å². The molecule has 0 radical (unpaired) electrons. The minimum Gasteiger partial charge on any atom is -0.333 e. The highest BCUT2D eigenvalue weighted by atomic mass is 16.2. The second-order valence-electron chi connectivity index (χ2n) is 4.88. The van der Waals surface area contributed by atoms with Gasteiger partial charge in [0, 0.05) is 16.8 Å². The molecule has 0 aliphatic carbocycles. The van der Waals surface area contributed by atoms with Crippen molar-refractivity contribution >= 4 is 17.6 Å². The Kier molecular flexibility index (Phi) is 4.28.